The summed E-state index contributed by atoms with van der Waals surface area (Å²) in [4.78, 5) is 26.7. The quantitative estimate of drug-likeness (QED) is 0.625. The summed E-state index contributed by atoms with van der Waals surface area (Å²) in [5.41, 5.74) is 0.757. The van der Waals surface area contributed by atoms with Crippen molar-refractivity contribution in [3.63, 3.8) is 0 Å². The molecule has 0 saturated heterocycles. The average Bonchev–Trinajstić information content (AvgIpc) is 2.36. The minimum absolute atomic E-state index is 0.0317. The van der Waals surface area contributed by atoms with Gasteiger partial charge in [-0.2, -0.15) is 0 Å². The first kappa shape index (κ1) is 15.9. The molecule has 0 aromatic heterocycles. The van der Waals surface area contributed by atoms with Gasteiger partial charge in [-0.1, -0.05) is 12.1 Å². The minimum atomic E-state index is -0.505. The second kappa shape index (κ2) is 6.84. The molecule has 0 radical (unpaired) electrons. The molecule has 0 bridgehead atoms. The Labute approximate surface area is 118 Å². The predicted molar refractivity (Wildman–Crippen MR) is 76.1 cm³/mol. The van der Waals surface area contributed by atoms with Crippen molar-refractivity contribution in [2.75, 3.05) is 13.7 Å². The maximum absolute atomic E-state index is 11.4. The number of hydrogen-bond acceptors (Lipinski definition) is 5. The van der Waals surface area contributed by atoms with E-state index in [1.165, 1.54) is 7.11 Å². The molecule has 0 fully saturated rings. The van der Waals surface area contributed by atoms with Crippen LogP contribution in [0, 0.1) is 0 Å². The molecule has 0 saturated carbocycles. The highest BCUT2D eigenvalue weighted by Gasteiger charge is 2.15. The van der Waals surface area contributed by atoms with E-state index in [1.54, 1.807) is 51.3 Å². The van der Waals surface area contributed by atoms with Crippen molar-refractivity contribution in [2.24, 2.45) is 4.99 Å². The van der Waals surface area contributed by atoms with Crippen LogP contribution in [0.1, 0.15) is 36.7 Å². The van der Waals surface area contributed by atoms with Crippen molar-refractivity contribution in [3.8, 4) is 0 Å². The van der Waals surface area contributed by atoms with E-state index in [1.807, 2.05) is 0 Å². The number of esters is 2. The van der Waals surface area contributed by atoms with E-state index in [9.17, 15) is 9.59 Å². The zero-order chi connectivity index (χ0) is 15.2. The molecule has 5 heteroatoms. The molecule has 0 aliphatic heterocycles. The van der Waals surface area contributed by atoms with Crippen molar-refractivity contribution in [2.45, 2.75) is 26.4 Å². The van der Waals surface area contributed by atoms with Crippen LogP contribution < -0.4 is 0 Å². The number of benzene rings is 1. The molecule has 0 heterocycles. The van der Waals surface area contributed by atoms with Crippen molar-refractivity contribution >= 4 is 18.2 Å². The van der Waals surface area contributed by atoms with Crippen molar-refractivity contribution in [3.05, 3.63) is 35.4 Å². The first-order chi connectivity index (χ1) is 9.31. The van der Waals surface area contributed by atoms with Crippen molar-refractivity contribution in [1.82, 2.24) is 0 Å². The van der Waals surface area contributed by atoms with Crippen LogP contribution in [-0.4, -0.2) is 37.4 Å². The first-order valence-electron chi connectivity index (χ1n) is 6.22. The van der Waals surface area contributed by atoms with E-state index < -0.39 is 5.60 Å². The van der Waals surface area contributed by atoms with E-state index in [-0.39, 0.29) is 18.5 Å². The maximum atomic E-state index is 11.4. The standard InChI is InChI=1S/C15H19NO4/c1-15(2,3)20-13(17)10-16-9-11-5-7-12(8-6-11)14(18)19-4/h5-9H,10H2,1-4H3. The van der Waals surface area contributed by atoms with Gasteiger partial charge in [-0.3, -0.25) is 9.79 Å². The van der Waals surface area contributed by atoms with Crippen LogP contribution in [0.25, 0.3) is 0 Å². The lowest BCUT2D eigenvalue weighted by atomic mass is 10.1. The third-order valence-electron chi connectivity index (χ3n) is 2.21. The Morgan fingerprint density at radius 1 is 1.20 bits per heavy atom. The molecule has 0 N–H and O–H groups in total. The summed E-state index contributed by atoms with van der Waals surface area (Å²) < 4.78 is 9.73. The van der Waals surface area contributed by atoms with Gasteiger partial charge in [-0.05, 0) is 38.5 Å². The molecular formula is C15H19NO4. The largest absolute Gasteiger partial charge is 0.465 e. The zero-order valence-electron chi connectivity index (χ0n) is 12.2. The minimum Gasteiger partial charge on any atom is -0.465 e. The van der Waals surface area contributed by atoms with E-state index >= 15 is 0 Å². The van der Waals surface area contributed by atoms with Crippen LogP contribution in [0.3, 0.4) is 0 Å². The molecule has 20 heavy (non-hydrogen) atoms. The number of methoxy groups -OCH3 is 1. The van der Waals surface area contributed by atoms with Gasteiger partial charge in [0.05, 0.1) is 12.7 Å². The number of nitrogens with zero attached hydrogens (tertiary/aromatic N) is 1. The van der Waals surface area contributed by atoms with E-state index in [0.717, 1.165) is 5.56 Å². The summed E-state index contributed by atoms with van der Waals surface area (Å²) in [6.45, 7) is 5.39. The number of aliphatic imine (C=N–C) groups is 1. The highest BCUT2D eigenvalue weighted by atomic mass is 16.6. The second-order valence-corrected chi connectivity index (χ2v) is 5.17. The summed E-state index contributed by atoms with van der Waals surface area (Å²) >= 11 is 0. The molecule has 0 atom stereocenters. The first-order valence-corrected chi connectivity index (χ1v) is 6.22. The Morgan fingerprint density at radius 3 is 2.30 bits per heavy atom. The summed E-state index contributed by atoms with van der Waals surface area (Å²) in [6, 6.07) is 6.73. The monoisotopic (exact) mass is 277 g/mol. The molecular weight excluding hydrogens is 258 g/mol. The van der Waals surface area contributed by atoms with E-state index in [2.05, 4.69) is 9.73 Å². The van der Waals surface area contributed by atoms with Crippen LogP contribution in [0.4, 0.5) is 0 Å². The zero-order valence-corrected chi connectivity index (χ0v) is 12.2. The summed E-state index contributed by atoms with van der Waals surface area (Å²) in [5.74, 6) is -0.762. The fraction of sp³-hybridized carbons (Fsp3) is 0.400. The van der Waals surface area contributed by atoms with Crippen molar-refractivity contribution < 1.29 is 19.1 Å². The fourth-order valence-electron chi connectivity index (χ4n) is 1.42. The Hall–Kier alpha value is -2.17. The van der Waals surface area contributed by atoms with Gasteiger partial charge in [-0.15, -0.1) is 0 Å². The van der Waals surface area contributed by atoms with Crippen molar-refractivity contribution in [1.29, 1.82) is 0 Å². The molecule has 5 nitrogen and oxygen atoms in total. The van der Waals surface area contributed by atoms with Gasteiger partial charge >= 0.3 is 11.9 Å². The van der Waals surface area contributed by atoms with Gasteiger partial charge < -0.3 is 9.47 Å². The van der Waals surface area contributed by atoms with Crippen LogP contribution >= 0.6 is 0 Å². The highest BCUT2D eigenvalue weighted by Crippen LogP contribution is 2.07. The Balaban J connectivity index is 2.54. The molecule has 1 rings (SSSR count). The Bertz CT molecular complexity index is 498. The van der Waals surface area contributed by atoms with Gasteiger partial charge in [-0.25, -0.2) is 4.79 Å². The van der Waals surface area contributed by atoms with Gasteiger partial charge in [0.25, 0.3) is 0 Å². The van der Waals surface area contributed by atoms with Crippen LogP contribution in [0.15, 0.2) is 29.3 Å². The lowest BCUT2D eigenvalue weighted by molar-refractivity contribution is -0.152. The molecule has 0 amide bonds. The molecule has 1 aromatic carbocycles. The van der Waals surface area contributed by atoms with Gasteiger partial charge in [0.2, 0.25) is 0 Å². The predicted octanol–water partition coefficient (Wildman–Crippen LogP) is 2.23. The summed E-state index contributed by atoms with van der Waals surface area (Å²) in [5, 5.41) is 0. The second-order valence-electron chi connectivity index (χ2n) is 5.17. The van der Waals surface area contributed by atoms with E-state index in [4.69, 9.17) is 4.74 Å². The lowest BCUT2D eigenvalue weighted by Gasteiger charge is -2.18. The lowest BCUT2D eigenvalue weighted by Crippen LogP contribution is -2.25. The smallest absolute Gasteiger partial charge is 0.337 e. The third kappa shape index (κ3) is 5.65. The highest BCUT2D eigenvalue weighted by molar-refractivity contribution is 5.90. The fourth-order valence-corrected chi connectivity index (χ4v) is 1.42. The van der Waals surface area contributed by atoms with Gasteiger partial charge in [0, 0.05) is 6.21 Å². The number of hydrogen-bond donors (Lipinski definition) is 0. The van der Waals surface area contributed by atoms with Gasteiger partial charge in [0.1, 0.15) is 12.1 Å². The van der Waals surface area contributed by atoms with Crippen LogP contribution in [0.2, 0.25) is 0 Å². The average molecular weight is 277 g/mol. The number of carbonyl (C=O) groups excluding carboxylic acids is 2. The summed E-state index contributed by atoms with van der Waals surface area (Å²) in [6.07, 6.45) is 1.56. The number of rotatable bonds is 4. The van der Waals surface area contributed by atoms with E-state index in [0.29, 0.717) is 5.56 Å². The Kier molecular flexibility index (Phi) is 5.43. The molecule has 1 aromatic rings. The number of ether oxygens (including phenoxy) is 2. The topological polar surface area (TPSA) is 65.0 Å². The van der Waals surface area contributed by atoms with Crippen LogP contribution in [-0.2, 0) is 14.3 Å². The van der Waals surface area contributed by atoms with Gasteiger partial charge in [0.15, 0.2) is 0 Å². The molecule has 0 aliphatic carbocycles. The molecule has 0 aliphatic rings. The maximum Gasteiger partial charge on any atom is 0.337 e. The number of carbonyl (C=O) groups is 2. The molecule has 0 spiro atoms. The normalized spacial score (nSPS) is 11.4. The third-order valence-corrected chi connectivity index (χ3v) is 2.21. The SMILES string of the molecule is COC(=O)c1ccc(C=NCC(=O)OC(C)(C)C)cc1. The summed E-state index contributed by atoms with van der Waals surface area (Å²) in [7, 11) is 1.33. The molecule has 0 unspecified atom stereocenters. The molecule has 108 valence electrons. The van der Waals surface area contributed by atoms with Crippen LogP contribution in [0.5, 0.6) is 0 Å². The Morgan fingerprint density at radius 2 is 1.80 bits per heavy atom.